The smallest absolute Gasteiger partial charge is 0.147 e. The monoisotopic (exact) mass is 662 g/mol. The second-order valence-corrected chi connectivity index (χ2v) is 13.5. The lowest BCUT2D eigenvalue weighted by Gasteiger charge is -2.19. The summed E-state index contributed by atoms with van der Waals surface area (Å²) in [6, 6.07) is 64.8. The van der Waals surface area contributed by atoms with Gasteiger partial charge in [-0.1, -0.05) is 164 Å². The lowest BCUT2D eigenvalue weighted by atomic mass is 9.84. The van der Waals surface area contributed by atoms with Gasteiger partial charge in [0.25, 0.3) is 0 Å². The SMILES string of the molecule is c1ccc(-c2oc3ccc4c(oc5cccc(-c6c7ccccc7c(-c7cccc8ccccc78)c7ccccc67)c54)c3c2-c2ccccc2)cc1. The van der Waals surface area contributed by atoms with Crippen molar-refractivity contribution in [3.8, 4) is 44.7 Å². The molecule has 0 atom stereocenters. The van der Waals surface area contributed by atoms with E-state index in [9.17, 15) is 0 Å². The van der Waals surface area contributed by atoms with Crippen molar-refractivity contribution in [1.82, 2.24) is 0 Å². The Labute approximate surface area is 299 Å². The Bertz CT molecular complexity index is 3100. The van der Waals surface area contributed by atoms with Gasteiger partial charge >= 0.3 is 0 Å². The van der Waals surface area contributed by atoms with Gasteiger partial charge in [-0.05, 0) is 78.3 Å². The molecule has 0 saturated carbocycles. The summed E-state index contributed by atoms with van der Waals surface area (Å²) in [6.07, 6.45) is 0. The molecule has 2 heteroatoms. The average molecular weight is 663 g/mol. The van der Waals surface area contributed by atoms with Crippen molar-refractivity contribution in [2.45, 2.75) is 0 Å². The van der Waals surface area contributed by atoms with E-state index >= 15 is 0 Å². The van der Waals surface area contributed by atoms with Crippen LogP contribution in [0.15, 0.2) is 191 Å². The Balaban J connectivity index is 1.26. The third kappa shape index (κ3) is 4.19. The summed E-state index contributed by atoms with van der Waals surface area (Å²) < 4.78 is 13.6. The number of benzene rings is 9. The largest absolute Gasteiger partial charge is 0.455 e. The van der Waals surface area contributed by atoms with Crippen molar-refractivity contribution in [3.63, 3.8) is 0 Å². The molecule has 0 radical (unpaired) electrons. The van der Waals surface area contributed by atoms with Gasteiger partial charge < -0.3 is 8.83 Å². The van der Waals surface area contributed by atoms with E-state index in [2.05, 4.69) is 176 Å². The molecule has 11 rings (SSSR count). The number of furan rings is 2. The highest BCUT2D eigenvalue weighted by atomic mass is 16.3. The zero-order chi connectivity index (χ0) is 34.2. The van der Waals surface area contributed by atoms with Crippen LogP contribution in [0.5, 0.6) is 0 Å². The molecular formula is C50H30O2. The average Bonchev–Trinajstić information content (AvgIpc) is 3.80. The number of hydrogen-bond acceptors (Lipinski definition) is 2. The molecule has 0 spiro atoms. The van der Waals surface area contributed by atoms with Gasteiger partial charge in [-0.25, -0.2) is 0 Å². The van der Waals surface area contributed by atoms with E-state index in [-0.39, 0.29) is 0 Å². The summed E-state index contributed by atoms with van der Waals surface area (Å²) >= 11 is 0. The summed E-state index contributed by atoms with van der Waals surface area (Å²) in [4.78, 5) is 0. The maximum Gasteiger partial charge on any atom is 0.147 e. The highest BCUT2D eigenvalue weighted by Crippen LogP contribution is 2.50. The second kappa shape index (κ2) is 11.3. The van der Waals surface area contributed by atoms with Crippen LogP contribution in [0.1, 0.15) is 0 Å². The molecule has 0 bridgehead atoms. The highest BCUT2D eigenvalue weighted by Gasteiger charge is 2.25. The fourth-order valence-electron chi connectivity index (χ4n) is 8.50. The molecule has 52 heavy (non-hydrogen) atoms. The van der Waals surface area contributed by atoms with Gasteiger partial charge in [0.1, 0.15) is 22.5 Å². The van der Waals surface area contributed by atoms with Crippen LogP contribution in [0, 0.1) is 0 Å². The van der Waals surface area contributed by atoms with Gasteiger partial charge in [-0.2, -0.15) is 0 Å². The summed E-state index contributed by atoms with van der Waals surface area (Å²) in [7, 11) is 0. The van der Waals surface area contributed by atoms with Gasteiger partial charge in [-0.15, -0.1) is 0 Å². The molecule has 0 aliphatic rings. The van der Waals surface area contributed by atoms with Crippen molar-refractivity contribution in [2.24, 2.45) is 0 Å². The fourth-order valence-corrected chi connectivity index (χ4v) is 8.50. The third-order valence-electron chi connectivity index (χ3n) is 10.7. The quantitative estimate of drug-likeness (QED) is 0.175. The Morgan fingerprint density at radius 1 is 0.288 bits per heavy atom. The molecule has 2 aromatic heterocycles. The van der Waals surface area contributed by atoms with Crippen LogP contribution in [0.4, 0.5) is 0 Å². The van der Waals surface area contributed by atoms with Crippen LogP contribution in [-0.2, 0) is 0 Å². The fraction of sp³-hybridized carbons (Fsp3) is 0. The van der Waals surface area contributed by atoms with E-state index in [1.165, 1.54) is 49.0 Å². The molecule has 9 aromatic carbocycles. The van der Waals surface area contributed by atoms with Crippen LogP contribution in [0.2, 0.25) is 0 Å². The van der Waals surface area contributed by atoms with E-state index in [0.717, 1.165) is 60.9 Å². The molecule has 0 fully saturated rings. The highest BCUT2D eigenvalue weighted by molar-refractivity contribution is 6.28. The topological polar surface area (TPSA) is 26.3 Å². The normalized spacial score (nSPS) is 11.8. The van der Waals surface area contributed by atoms with Crippen LogP contribution in [-0.4, -0.2) is 0 Å². The Kier molecular flexibility index (Phi) is 6.28. The molecule has 2 heterocycles. The van der Waals surface area contributed by atoms with E-state index in [1.54, 1.807) is 0 Å². The van der Waals surface area contributed by atoms with Crippen molar-refractivity contribution in [3.05, 3.63) is 182 Å². The molecule has 0 N–H and O–H groups in total. The number of fused-ring (bicyclic) bond motifs is 8. The number of rotatable bonds is 4. The minimum Gasteiger partial charge on any atom is -0.455 e. The van der Waals surface area contributed by atoms with Crippen LogP contribution in [0.3, 0.4) is 0 Å². The molecular weight excluding hydrogens is 633 g/mol. The van der Waals surface area contributed by atoms with Crippen molar-refractivity contribution in [2.75, 3.05) is 0 Å². The first-order valence-corrected chi connectivity index (χ1v) is 17.8. The summed E-state index contributed by atoms with van der Waals surface area (Å²) in [6.45, 7) is 0. The molecule has 0 unspecified atom stereocenters. The third-order valence-corrected chi connectivity index (χ3v) is 10.7. The summed E-state index contributed by atoms with van der Waals surface area (Å²) in [5, 5.41) is 10.6. The maximum absolute atomic E-state index is 6.94. The first-order chi connectivity index (χ1) is 25.8. The van der Waals surface area contributed by atoms with E-state index in [0.29, 0.717) is 0 Å². The van der Waals surface area contributed by atoms with Crippen LogP contribution in [0.25, 0.3) is 110 Å². The Hall–Kier alpha value is -6.90. The van der Waals surface area contributed by atoms with E-state index in [4.69, 9.17) is 8.83 Å². The zero-order valence-corrected chi connectivity index (χ0v) is 28.1. The zero-order valence-electron chi connectivity index (χ0n) is 28.1. The molecule has 0 amide bonds. The predicted molar refractivity (Wildman–Crippen MR) is 218 cm³/mol. The first kappa shape index (κ1) is 28.9. The standard InChI is InChI=1S/C50H30O2/c1-3-16-32(17-4-1)44-48-43(51-49(44)33-18-5-2-6-19-33)30-29-41-47-40(27-14-28-42(47)52-50(41)48)46-38-24-11-9-22-36(38)45(37-23-10-12-25-39(37)46)35-26-13-20-31-15-7-8-21-34(31)35/h1-30H. The molecule has 242 valence electrons. The van der Waals surface area contributed by atoms with E-state index in [1.807, 2.05) is 6.07 Å². The Morgan fingerprint density at radius 2 is 0.808 bits per heavy atom. The number of hydrogen-bond donors (Lipinski definition) is 0. The van der Waals surface area contributed by atoms with Gasteiger partial charge in [0.2, 0.25) is 0 Å². The van der Waals surface area contributed by atoms with E-state index < -0.39 is 0 Å². The second-order valence-electron chi connectivity index (χ2n) is 13.5. The predicted octanol–water partition coefficient (Wildman–Crippen LogP) is 14.5. The van der Waals surface area contributed by atoms with Crippen LogP contribution >= 0.6 is 0 Å². The van der Waals surface area contributed by atoms with Gasteiger partial charge in [0.05, 0.1) is 5.39 Å². The molecule has 0 aliphatic heterocycles. The van der Waals surface area contributed by atoms with Crippen molar-refractivity contribution < 1.29 is 8.83 Å². The maximum atomic E-state index is 6.94. The van der Waals surface area contributed by atoms with Crippen LogP contribution < -0.4 is 0 Å². The first-order valence-electron chi connectivity index (χ1n) is 17.8. The van der Waals surface area contributed by atoms with Gasteiger partial charge in [0.15, 0.2) is 0 Å². The lowest BCUT2D eigenvalue weighted by Crippen LogP contribution is -1.92. The van der Waals surface area contributed by atoms with Crippen molar-refractivity contribution >= 4 is 65.2 Å². The molecule has 0 aliphatic carbocycles. The van der Waals surface area contributed by atoms with Crippen molar-refractivity contribution in [1.29, 1.82) is 0 Å². The molecule has 11 aromatic rings. The summed E-state index contributed by atoms with van der Waals surface area (Å²) in [5.41, 5.74) is 10.5. The molecule has 2 nitrogen and oxygen atoms in total. The van der Waals surface area contributed by atoms with Gasteiger partial charge in [-0.3, -0.25) is 0 Å². The summed E-state index contributed by atoms with van der Waals surface area (Å²) in [5.74, 6) is 0.844. The Morgan fingerprint density at radius 3 is 1.50 bits per heavy atom. The minimum atomic E-state index is 0.807. The lowest BCUT2D eigenvalue weighted by molar-refractivity contribution is 0.631. The molecule has 0 saturated heterocycles. The minimum absolute atomic E-state index is 0.807. The van der Waals surface area contributed by atoms with Gasteiger partial charge in [0, 0.05) is 21.9 Å².